The zero-order chi connectivity index (χ0) is 19.1. The minimum Gasteiger partial charge on any atom is -0.378 e. The minimum atomic E-state index is 0.510. The van der Waals surface area contributed by atoms with Crippen LogP contribution < -0.4 is 0 Å². The molecule has 2 aliphatic heterocycles. The highest BCUT2D eigenvalue weighted by atomic mass is 16.5. The summed E-state index contributed by atoms with van der Waals surface area (Å²) in [5, 5.41) is 5.95. The number of rotatable bonds is 7. The molecule has 2 aromatic rings. The van der Waals surface area contributed by atoms with Gasteiger partial charge in [-0.3, -0.25) is 9.58 Å². The van der Waals surface area contributed by atoms with Crippen LogP contribution in [0.1, 0.15) is 51.0 Å². The fourth-order valence-corrected chi connectivity index (χ4v) is 5.55. The lowest BCUT2D eigenvalue weighted by molar-refractivity contribution is 0.0276. The van der Waals surface area contributed by atoms with E-state index in [9.17, 15) is 0 Å². The summed E-state index contributed by atoms with van der Waals surface area (Å²) < 4.78 is 8.56. The zero-order valence-electron chi connectivity index (χ0n) is 17.5. The van der Waals surface area contributed by atoms with E-state index in [-0.39, 0.29) is 0 Å². The van der Waals surface area contributed by atoms with E-state index in [1.54, 1.807) is 0 Å². The second kappa shape index (κ2) is 7.79. The van der Waals surface area contributed by atoms with Gasteiger partial charge in [-0.25, -0.2) is 0 Å². The number of fused-ring (bicyclic) bond motifs is 5. The Morgan fingerprint density at radius 2 is 2.04 bits per heavy atom. The monoisotopic (exact) mass is 381 g/mol. The van der Waals surface area contributed by atoms with Gasteiger partial charge >= 0.3 is 0 Å². The molecule has 4 atom stereocenters. The molecule has 4 fully saturated rings. The smallest absolute Gasteiger partial charge is 0.0711 e. The first-order valence-electron chi connectivity index (χ1n) is 11.4. The van der Waals surface area contributed by atoms with Crippen LogP contribution in [-0.4, -0.2) is 46.5 Å². The lowest BCUT2D eigenvalue weighted by Gasteiger charge is -2.38. The quantitative estimate of drug-likeness (QED) is 0.699. The van der Waals surface area contributed by atoms with E-state index in [1.807, 2.05) is 6.20 Å². The van der Waals surface area contributed by atoms with Gasteiger partial charge in [-0.2, -0.15) is 5.10 Å². The number of aromatic nitrogens is 2. The number of piperidine rings is 1. The van der Waals surface area contributed by atoms with Crippen molar-refractivity contribution in [3.63, 3.8) is 0 Å². The van der Waals surface area contributed by atoms with E-state index in [0.29, 0.717) is 12.0 Å². The molecule has 4 heteroatoms. The van der Waals surface area contributed by atoms with Gasteiger partial charge in [0.25, 0.3) is 0 Å². The molecule has 1 aromatic heterocycles. The molecule has 6 rings (SSSR count). The first-order chi connectivity index (χ1) is 13.7. The molecule has 28 heavy (non-hydrogen) atoms. The van der Waals surface area contributed by atoms with Crippen molar-refractivity contribution in [2.75, 3.05) is 19.7 Å². The Morgan fingerprint density at radius 3 is 2.89 bits per heavy atom. The molecule has 0 amide bonds. The average molecular weight is 382 g/mol. The number of hydrogen-bond acceptors (Lipinski definition) is 3. The maximum absolute atomic E-state index is 6.33. The van der Waals surface area contributed by atoms with Gasteiger partial charge in [-0.05, 0) is 68.8 Å². The maximum atomic E-state index is 6.33. The summed E-state index contributed by atoms with van der Waals surface area (Å²) >= 11 is 0. The summed E-state index contributed by atoms with van der Waals surface area (Å²) in [5.74, 6) is 2.32. The van der Waals surface area contributed by atoms with Crippen molar-refractivity contribution in [1.29, 1.82) is 0 Å². The maximum Gasteiger partial charge on any atom is 0.0711 e. The lowest BCUT2D eigenvalue weighted by Crippen LogP contribution is -2.44. The van der Waals surface area contributed by atoms with Crippen molar-refractivity contribution in [3.05, 3.63) is 30.0 Å². The third-order valence-electron chi connectivity index (χ3n) is 7.21. The molecule has 0 N–H and O–H groups in total. The molecular weight excluding hydrogens is 346 g/mol. The Labute approximate surface area is 169 Å². The number of aryl methyl sites for hydroxylation is 1. The average Bonchev–Trinajstić information content (AvgIpc) is 3.46. The Kier molecular flexibility index (Phi) is 5.18. The van der Waals surface area contributed by atoms with Gasteiger partial charge in [-0.1, -0.05) is 25.1 Å². The first-order valence-corrected chi connectivity index (χ1v) is 11.4. The van der Waals surface area contributed by atoms with Gasteiger partial charge in [0.05, 0.1) is 17.8 Å². The third kappa shape index (κ3) is 3.99. The molecule has 2 saturated heterocycles. The predicted octanol–water partition coefficient (Wildman–Crippen LogP) is 4.65. The standard InChI is InChI=1S/C24H35N3O/c1-17(14-27-24-18(2)4-3-5-21(24)12-25-27)13-26-15-20-8-9-22(26)11-23(10-20)28-16-19-6-7-19/h3-5,12,17,19-20,22-23H,6-11,13-16H2,1-2H3. The Bertz CT molecular complexity index is 811. The van der Waals surface area contributed by atoms with Gasteiger partial charge in [0.2, 0.25) is 0 Å². The second-order valence-electron chi connectivity index (χ2n) is 9.87. The molecule has 3 heterocycles. The largest absolute Gasteiger partial charge is 0.378 e. The summed E-state index contributed by atoms with van der Waals surface area (Å²) in [7, 11) is 0. The van der Waals surface area contributed by atoms with Crippen LogP contribution in [0.4, 0.5) is 0 Å². The fraction of sp³-hybridized carbons (Fsp3) is 0.708. The van der Waals surface area contributed by atoms with Crippen LogP contribution in [0.25, 0.3) is 10.9 Å². The van der Waals surface area contributed by atoms with Gasteiger partial charge in [-0.15, -0.1) is 0 Å². The van der Waals surface area contributed by atoms with Crippen LogP contribution in [0.3, 0.4) is 0 Å². The highest BCUT2D eigenvalue weighted by Crippen LogP contribution is 2.37. The van der Waals surface area contributed by atoms with Crippen molar-refractivity contribution in [1.82, 2.24) is 14.7 Å². The molecule has 4 nitrogen and oxygen atoms in total. The number of para-hydroxylation sites is 1. The van der Waals surface area contributed by atoms with Gasteiger partial charge in [0, 0.05) is 37.7 Å². The van der Waals surface area contributed by atoms with Crippen LogP contribution in [-0.2, 0) is 11.3 Å². The second-order valence-corrected chi connectivity index (χ2v) is 9.87. The van der Waals surface area contributed by atoms with Crippen molar-refractivity contribution in [2.24, 2.45) is 17.8 Å². The number of nitrogens with zero attached hydrogens (tertiary/aromatic N) is 3. The molecule has 2 saturated carbocycles. The van der Waals surface area contributed by atoms with Crippen LogP contribution >= 0.6 is 0 Å². The molecule has 2 aliphatic carbocycles. The minimum absolute atomic E-state index is 0.510. The van der Waals surface area contributed by atoms with E-state index in [2.05, 4.69) is 41.6 Å². The Morgan fingerprint density at radius 1 is 1.14 bits per heavy atom. The summed E-state index contributed by atoms with van der Waals surface area (Å²) in [5.41, 5.74) is 2.63. The Hall–Kier alpha value is -1.39. The summed E-state index contributed by atoms with van der Waals surface area (Å²) in [6.07, 6.45) is 10.6. The van der Waals surface area contributed by atoms with Crippen molar-refractivity contribution >= 4 is 10.9 Å². The van der Waals surface area contributed by atoms with Gasteiger partial charge < -0.3 is 4.74 Å². The number of ether oxygens (including phenoxy) is 1. The SMILES string of the molecule is Cc1cccc2cnn(CC(C)CN3CC4CCC3CC(OCC3CC3)C4)c12. The van der Waals surface area contributed by atoms with Crippen LogP contribution in [0.15, 0.2) is 24.4 Å². The van der Waals surface area contributed by atoms with Gasteiger partial charge in [0.1, 0.15) is 0 Å². The van der Waals surface area contributed by atoms with Crippen LogP contribution in [0.2, 0.25) is 0 Å². The first kappa shape index (κ1) is 18.6. The van der Waals surface area contributed by atoms with E-state index >= 15 is 0 Å². The molecule has 4 aliphatic rings. The third-order valence-corrected chi connectivity index (χ3v) is 7.21. The summed E-state index contributed by atoms with van der Waals surface area (Å²) in [6.45, 7) is 9.07. The fourth-order valence-electron chi connectivity index (χ4n) is 5.55. The van der Waals surface area contributed by atoms with E-state index < -0.39 is 0 Å². The zero-order valence-corrected chi connectivity index (χ0v) is 17.5. The number of benzene rings is 1. The predicted molar refractivity (Wildman–Crippen MR) is 113 cm³/mol. The van der Waals surface area contributed by atoms with E-state index in [4.69, 9.17) is 9.84 Å². The molecular formula is C24H35N3O. The molecule has 2 bridgehead atoms. The Balaban J connectivity index is 1.21. The molecule has 4 unspecified atom stereocenters. The van der Waals surface area contributed by atoms with E-state index in [1.165, 1.54) is 68.1 Å². The van der Waals surface area contributed by atoms with Crippen molar-refractivity contribution in [2.45, 2.75) is 71.1 Å². The topological polar surface area (TPSA) is 30.3 Å². The summed E-state index contributed by atoms with van der Waals surface area (Å²) in [4.78, 5) is 2.79. The lowest BCUT2D eigenvalue weighted by atomic mass is 9.93. The van der Waals surface area contributed by atoms with E-state index in [0.717, 1.165) is 31.0 Å². The van der Waals surface area contributed by atoms with Crippen LogP contribution in [0.5, 0.6) is 0 Å². The summed E-state index contributed by atoms with van der Waals surface area (Å²) in [6, 6.07) is 7.22. The normalized spacial score (nSPS) is 29.3. The van der Waals surface area contributed by atoms with Crippen LogP contribution in [0, 0.1) is 24.7 Å². The van der Waals surface area contributed by atoms with Crippen molar-refractivity contribution < 1.29 is 4.74 Å². The molecule has 0 spiro atoms. The van der Waals surface area contributed by atoms with Gasteiger partial charge in [0.15, 0.2) is 0 Å². The molecule has 1 aromatic carbocycles. The molecule has 152 valence electrons. The number of hydrogen-bond donors (Lipinski definition) is 0. The van der Waals surface area contributed by atoms with Crippen molar-refractivity contribution in [3.8, 4) is 0 Å². The highest BCUT2D eigenvalue weighted by Gasteiger charge is 2.37. The highest BCUT2D eigenvalue weighted by molar-refractivity contribution is 5.81. The molecule has 0 radical (unpaired) electrons.